The number of aliphatic imine (C=N–C) groups is 1. The molecule has 0 spiro atoms. The molecule has 1 aromatic rings. The molecule has 6 nitrogen and oxygen atoms in total. The second-order valence-corrected chi connectivity index (χ2v) is 3.75. The maximum Gasteiger partial charge on any atom is 0.187 e. The summed E-state index contributed by atoms with van der Waals surface area (Å²) in [5, 5.41) is 12.3. The van der Waals surface area contributed by atoms with Crippen LogP contribution in [-0.2, 0) is 0 Å². The molecular weight excluding hydrogens is 248 g/mol. The zero-order chi connectivity index (χ0) is 13.1. The molecule has 92 valence electrons. The maximum atomic E-state index is 9.11. The van der Waals surface area contributed by atoms with E-state index >= 15 is 0 Å². The lowest BCUT2D eigenvalue weighted by molar-refractivity contribution is 0.0406. The molecule has 1 aliphatic rings. The van der Waals surface area contributed by atoms with Crippen molar-refractivity contribution in [1.82, 2.24) is 15.6 Å². The van der Waals surface area contributed by atoms with Crippen molar-refractivity contribution in [2.75, 3.05) is 7.05 Å². The molecule has 1 unspecified atom stereocenters. The van der Waals surface area contributed by atoms with Gasteiger partial charge in [0.2, 0.25) is 0 Å². The molecule has 3 N–H and O–H groups in total. The van der Waals surface area contributed by atoms with Crippen LogP contribution in [0.5, 0.6) is 0 Å². The van der Waals surface area contributed by atoms with Crippen LogP contribution in [-0.4, -0.2) is 34.8 Å². The lowest BCUT2D eigenvalue weighted by Gasteiger charge is -2.27. The predicted molar refractivity (Wildman–Crippen MR) is 72.1 cm³/mol. The Balaban J connectivity index is 2.48. The Morgan fingerprint density at radius 2 is 2.28 bits per heavy atom. The summed E-state index contributed by atoms with van der Waals surface area (Å²) >= 11 is 4.96. The number of hydrogen-bond donors (Lipinski definition) is 2. The van der Waals surface area contributed by atoms with E-state index < -0.39 is 6.29 Å². The highest BCUT2D eigenvalue weighted by Gasteiger charge is 2.31. The summed E-state index contributed by atoms with van der Waals surface area (Å²) in [6, 6.07) is 9.32. The highest BCUT2D eigenvalue weighted by atomic mass is 32.1. The van der Waals surface area contributed by atoms with Crippen LogP contribution < -0.4 is 11.2 Å². The van der Waals surface area contributed by atoms with Gasteiger partial charge in [-0.2, -0.15) is 5.26 Å². The Morgan fingerprint density at radius 1 is 1.56 bits per heavy atom. The van der Waals surface area contributed by atoms with E-state index in [2.05, 4.69) is 16.5 Å². The first-order valence-corrected chi connectivity index (χ1v) is 5.74. The number of nitrogens with zero attached hydrogens (tertiary/aromatic N) is 4. The Bertz CT molecular complexity index is 535. The van der Waals surface area contributed by atoms with Gasteiger partial charge < -0.3 is 0 Å². The molecule has 2 rings (SSSR count). The van der Waals surface area contributed by atoms with Gasteiger partial charge in [0.15, 0.2) is 12.1 Å². The Kier molecular flexibility index (Phi) is 3.64. The van der Waals surface area contributed by atoms with Crippen LogP contribution in [0.2, 0.25) is 0 Å². The van der Waals surface area contributed by atoms with Crippen molar-refractivity contribution in [3.05, 3.63) is 35.4 Å². The number of hydrazine groups is 2. The van der Waals surface area contributed by atoms with Crippen LogP contribution in [0.4, 0.5) is 0 Å². The third-order valence-electron chi connectivity index (χ3n) is 2.57. The largest absolute Gasteiger partial charge is 0.295 e. The molecule has 7 heteroatoms. The summed E-state index contributed by atoms with van der Waals surface area (Å²) in [4.78, 5) is 4.31. The number of hydrogen-bond acceptors (Lipinski definition) is 6. The van der Waals surface area contributed by atoms with E-state index in [0.29, 0.717) is 17.0 Å². The highest BCUT2D eigenvalue weighted by Crippen LogP contribution is 2.18. The van der Waals surface area contributed by atoms with Crippen molar-refractivity contribution in [3.63, 3.8) is 0 Å². The second kappa shape index (κ2) is 5.20. The van der Waals surface area contributed by atoms with Crippen molar-refractivity contribution >= 4 is 23.5 Å². The normalized spacial score (nSPS) is 19.5. The average molecular weight is 260 g/mol. The molecule has 0 saturated heterocycles. The van der Waals surface area contributed by atoms with Crippen molar-refractivity contribution in [1.29, 1.82) is 5.26 Å². The van der Waals surface area contributed by atoms with Crippen LogP contribution in [0.1, 0.15) is 11.1 Å². The van der Waals surface area contributed by atoms with Crippen LogP contribution in [0.3, 0.4) is 0 Å². The van der Waals surface area contributed by atoms with Crippen molar-refractivity contribution in [2.45, 2.75) is 6.29 Å². The molecule has 0 aliphatic carbocycles. The van der Waals surface area contributed by atoms with Crippen LogP contribution in [0, 0.1) is 11.3 Å². The van der Waals surface area contributed by atoms with Gasteiger partial charge >= 0.3 is 0 Å². The van der Waals surface area contributed by atoms with Gasteiger partial charge in [-0.05, 0) is 12.1 Å². The molecule has 0 fully saturated rings. The summed E-state index contributed by atoms with van der Waals surface area (Å²) in [5.41, 5.74) is 11.4. The average Bonchev–Trinajstić information content (AvgIpc) is 2.74. The lowest BCUT2D eigenvalue weighted by Crippen LogP contribution is -2.53. The van der Waals surface area contributed by atoms with E-state index in [1.165, 1.54) is 5.49 Å². The van der Waals surface area contributed by atoms with Gasteiger partial charge in [0, 0.05) is 12.6 Å². The van der Waals surface area contributed by atoms with E-state index in [0.717, 1.165) is 0 Å². The predicted octanol–water partition coefficient (Wildman–Crippen LogP) is 0.171. The molecule has 18 heavy (non-hydrogen) atoms. The molecule has 1 atom stereocenters. The first-order chi connectivity index (χ1) is 8.72. The van der Waals surface area contributed by atoms with Crippen LogP contribution >= 0.6 is 12.2 Å². The highest BCUT2D eigenvalue weighted by molar-refractivity contribution is 7.78. The second-order valence-electron chi connectivity index (χ2n) is 3.54. The summed E-state index contributed by atoms with van der Waals surface area (Å²) in [6.07, 6.45) is -0.573. The van der Waals surface area contributed by atoms with E-state index in [-0.39, 0.29) is 0 Å². The van der Waals surface area contributed by atoms with Gasteiger partial charge in [-0.15, -0.1) is 5.12 Å². The minimum atomic E-state index is -0.573. The molecule has 1 aromatic carbocycles. The van der Waals surface area contributed by atoms with Gasteiger partial charge in [0.05, 0.1) is 17.1 Å². The van der Waals surface area contributed by atoms with Gasteiger partial charge in [0.1, 0.15) is 0 Å². The fraction of sp³-hybridized carbons (Fsp3) is 0.182. The zero-order valence-electron chi connectivity index (χ0n) is 9.74. The van der Waals surface area contributed by atoms with Crippen LogP contribution in [0.25, 0.3) is 0 Å². The molecule has 0 saturated carbocycles. The molecule has 0 amide bonds. The van der Waals surface area contributed by atoms with E-state index in [4.69, 9.17) is 23.2 Å². The standard InChI is InChI=1S/C11H12N6S/c1-14-17-11(13)15-10(16(17)7-18)9-5-3-2-4-8(9)6-12/h2-5,7,11,14H,13H2,1H3. The topological polar surface area (TPSA) is 80.7 Å². The van der Waals surface area contributed by atoms with Crippen molar-refractivity contribution in [2.24, 2.45) is 10.7 Å². The monoisotopic (exact) mass is 260 g/mol. The number of amidine groups is 1. The third-order valence-corrected chi connectivity index (χ3v) is 2.77. The number of nitrogens with one attached hydrogen (secondary N) is 1. The SMILES string of the molecule is CNN1C(N)N=C(c2ccccc2C#N)N1C=S. The van der Waals surface area contributed by atoms with Gasteiger partial charge in [-0.25, -0.2) is 15.4 Å². The summed E-state index contributed by atoms with van der Waals surface area (Å²) in [7, 11) is 1.72. The van der Waals surface area contributed by atoms with Gasteiger partial charge in [-0.3, -0.25) is 5.73 Å². The first kappa shape index (κ1) is 12.6. The Hall–Kier alpha value is -1.85. The minimum absolute atomic E-state index is 0.531. The molecule has 0 radical (unpaired) electrons. The number of thiocarbonyl (C=S) groups is 1. The maximum absolute atomic E-state index is 9.11. The molecule has 1 heterocycles. The number of benzene rings is 1. The van der Waals surface area contributed by atoms with Crippen molar-refractivity contribution < 1.29 is 0 Å². The quantitative estimate of drug-likeness (QED) is 0.754. The van der Waals surface area contributed by atoms with Crippen molar-refractivity contribution in [3.8, 4) is 6.07 Å². The van der Waals surface area contributed by atoms with E-state index in [9.17, 15) is 0 Å². The van der Waals surface area contributed by atoms with Gasteiger partial charge in [-0.1, -0.05) is 24.4 Å². The lowest BCUT2D eigenvalue weighted by atomic mass is 10.1. The summed E-state index contributed by atoms with van der Waals surface area (Å²) in [6.45, 7) is 0. The Morgan fingerprint density at radius 3 is 2.89 bits per heavy atom. The summed E-state index contributed by atoms with van der Waals surface area (Å²) in [5.74, 6) is 0.559. The Labute approximate surface area is 110 Å². The smallest absolute Gasteiger partial charge is 0.187 e. The molecular formula is C11H12N6S. The zero-order valence-corrected chi connectivity index (χ0v) is 10.6. The molecule has 0 aromatic heterocycles. The van der Waals surface area contributed by atoms with Crippen LogP contribution in [0.15, 0.2) is 29.3 Å². The van der Waals surface area contributed by atoms with Gasteiger partial charge in [0.25, 0.3) is 0 Å². The fourth-order valence-corrected chi connectivity index (χ4v) is 1.98. The molecule has 1 aliphatic heterocycles. The molecule has 0 bridgehead atoms. The fourth-order valence-electron chi connectivity index (χ4n) is 1.78. The first-order valence-electron chi connectivity index (χ1n) is 5.27. The van der Waals surface area contributed by atoms with E-state index in [1.54, 1.807) is 29.3 Å². The summed E-state index contributed by atoms with van der Waals surface area (Å²) < 4.78 is 0. The number of nitriles is 1. The number of rotatable bonds is 3. The minimum Gasteiger partial charge on any atom is -0.295 e. The third kappa shape index (κ3) is 1.98. The van der Waals surface area contributed by atoms with E-state index in [1.807, 2.05) is 12.1 Å². The number of nitrogens with two attached hydrogens (primary N) is 1.